The number of aromatic nitrogens is 5. The molecule has 0 saturated heterocycles. The lowest BCUT2D eigenvalue weighted by molar-refractivity contribution is -0.158. The van der Waals surface area contributed by atoms with Crippen LogP contribution in [0.5, 0.6) is 5.75 Å². The number of hydrogen-bond acceptors (Lipinski definition) is 6. The van der Waals surface area contributed by atoms with Gasteiger partial charge >= 0.3 is 6.11 Å². The number of pyridine rings is 1. The molecule has 0 radical (unpaired) electrons. The second-order valence-corrected chi connectivity index (χ2v) is 6.55. The molecule has 0 amide bonds. The molecule has 3 aromatic heterocycles. The summed E-state index contributed by atoms with van der Waals surface area (Å²) in [5.41, 5.74) is 3.12. The molecule has 4 aromatic rings. The summed E-state index contributed by atoms with van der Waals surface area (Å²) in [4.78, 5) is 8.47. The maximum atomic E-state index is 12.9. The van der Waals surface area contributed by atoms with E-state index < -0.39 is 6.11 Å². The van der Waals surface area contributed by atoms with Crippen molar-refractivity contribution in [3.8, 4) is 28.7 Å². The van der Waals surface area contributed by atoms with E-state index in [1.165, 1.54) is 12.1 Å². The Labute approximate surface area is 165 Å². The highest BCUT2D eigenvalue weighted by atomic mass is 19.3. The summed E-state index contributed by atoms with van der Waals surface area (Å²) in [6.45, 7) is 3.19. The summed E-state index contributed by atoms with van der Waals surface area (Å²) in [5, 5.41) is 8.48. The van der Waals surface area contributed by atoms with Crippen LogP contribution in [-0.2, 0) is 6.54 Å². The predicted octanol–water partition coefficient (Wildman–Crippen LogP) is 4.34. The van der Waals surface area contributed by atoms with Crippen LogP contribution in [0.1, 0.15) is 18.2 Å². The van der Waals surface area contributed by atoms with Crippen LogP contribution in [0.3, 0.4) is 0 Å². The zero-order valence-electron chi connectivity index (χ0n) is 15.7. The van der Waals surface area contributed by atoms with Crippen LogP contribution in [0.25, 0.3) is 23.0 Å². The average molecular weight is 397 g/mol. The van der Waals surface area contributed by atoms with Gasteiger partial charge in [0.15, 0.2) is 5.69 Å². The van der Waals surface area contributed by atoms with Gasteiger partial charge in [0.2, 0.25) is 5.82 Å². The second-order valence-electron chi connectivity index (χ2n) is 6.55. The van der Waals surface area contributed by atoms with Gasteiger partial charge in [-0.1, -0.05) is 11.2 Å². The van der Waals surface area contributed by atoms with Crippen molar-refractivity contribution in [2.24, 2.45) is 0 Å². The van der Waals surface area contributed by atoms with Crippen molar-refractivity contribution in [1.29, 1.82) is 0 Å². The van der Waals surface area contributed by atoms with E-state index in [2.05, 4.69) is 25.0 Å². The number of rotatable bonds is 6. The summed E-state index contributed by atoms with van der Waals surface area (Å²) in [6.07, 6.45) is 0.262. The minimum absolute atomic E-state index is 0.0507. The fourth-order valence-corrected chi connectivity index (χ4v) is 2.76. The Morgan fingerprint density at radius 2 is 1.97 bits per heavy atom. The van der Waals surface area contributed by atoms with E-state index in [0.29, 0.717) is 30.6 Å². The summed E-state index contributed by atoms with van der Waals surface area (Å²) in [7, 11) is 0. The molecule has 9 heteroatoms. The molecule has 0 spiro atoms. The quantitative estimate of drug-likeness (QED) is 0.481. The van der Waals surface area contributed by atoms with Crippen LogP contribution < -0.4 is 4.74 Å². The Hall–Kier alpha value is -3.62. The highest BCUT2D eigenvalue weighted by Crippen LogP contribution is 2.26. The zero-order chi connectivity index (χ0) is 20.4. The highest BCUT2D eigenvalue weighted by molar-refractivity contribution is 5.58. The summed E-state index contributed by atoms with van der Waals surface area (Å²) < 4.78 is 37.5. The lowest BCUT2D eigenvalue weighted by atomic mass is 10.2. The van der Waals surface area contributed by atoms with E-state index in [1.807, 2.05) is 29.8 Å². The van der Waals surface area contributed by atoms with Gasteiger partial charge in [-0.15, -0.1) is 0 Å². The minimum Gasteiger partial charge on any atom is -0.433 e. The SMILES string of the molecule is Cc1cc(-c2nc(-c3ccc(OC(C)(F)F)cc3)no2)nn1Cc1cccnc1. The van der Waals surface area contributed by atoms with Crippen molar-refractivity contribution in [2.45, 2.75) is 26.5 Å². The number of aryl methyl sites for hydroxylation is 1. The van der Waals surface area contributed by atoms with Crippen molar-refractivity contribution in [3.63, 3.8) is 0 Å². The third-order valence-corrected chi connectivity index (χ3v) is 4.09. The minimum atomic E-state index is -3.24. The van der Waals surface area contributed by atoms with Crippen molar-refractivity contribution >= 4 is 0 Å². The van der Waals surface area contributed by atoms with E-state index in [0.717, 1.165) is 11.3 Å². The molecule has 0 atom stereocenters. The van der Waals surface area contributed by atoms with E-state index in [-0.39, 0.29) is 11.6 Å². The van der Waals surface area contributed by atoms with Crippen molar-refractivity contribution in [3.05, 3.63) is 66.1 Å². The Kier molecular flexibility index (Phi) is 4.79. The largest absolute Gasteiger partial charge is 0.433 e. The van der Waals surface area contributed by atoms with Gasteiger partial charge in [-0.05, 0) is 48.9 Å². The molecule has 0 bridgehead atoms. The smallest absolute Gasteiger partial charge is 0.394 e. The number of ether oxygens (including phenoxy) is 1. The molecule has 4 rings (SSSR count). The molecule has 0 aliphatic rings. The lowest BCUT2D eigenvalue weighted by Gasteiger charge is -2.12. The topological polar surface area (TPSA) is 78.9 Å². The van der Waals surface area contributed by atoms with Crippen molar-refractivity contribution < 1.29 is 18.0 Å². The third-order valence-electron chi connectivity index (χ3n) is 4.09. The number of alkyl halides is 2. The number of hydrogen-bond donors (Lipinski definition) is 0. The van der Waals surface area contributed by atoms with Gasteiger partial charge in [-0.2, -0.15) is 18.9 Å². The van der Waals surface area contributed by atoms with Crippen LogP contribution in [0.15, 0.2) is 59.4 Å². The van der Waals surface area contributed by atoms with Gasteiger partial charge in [-0.25, -0.2) is 0 Å². The fourth-order valence-electron chi connectivity index (χ4n) is 2.76. The fraction of sp³-hybridized carbons (Fsp3) is 0.200. The van der Waals surface area contributed by atoms with Gasteiger partial charge in [0.1, 0.15) is 5.75 Å². The predicted molar refractivity (Wildman–Crippen MR) is 100 cm³/mol. The first-order valence-electron chi connectivity index (χ1n) is 8.82. The Bertz CT molecular complexity index is 1100. The second kappa shape index (κ2) is 7.42. The van der Waals surface area contributed by atoms with Crippen molar-refractivity contribution in [2.75, 3.05) is 0 Å². The Morgan fingerprint density at radius 1 is 1.17 bits per heavy atom. The van der Waals surface area contributed by atoms with Gasteiger partial charge in [0, 0.05) is 30.6 Å². The zero-order valence-corrected chi connectivity index (χ0v) is 15.7. The molecule has 0 saturated carbocycles. The van der Waals surface area contributed by atoms with E-state index >= 15 is 0 Å². The standard InChI is InChI=1S/C20H17F2N5O2/c1-13-10-17(25-27(13)12-14-4-3-9-23-11-14)19-24-18(26-29-19)15-5-7-16(8-6-15)28-20(2,21)22/h3-11H,12H2,1-2H3. The highest BCUT2D eigenvalue weighted by Gasteiger charge is 2.23. The van der Waals surface area contributed by atoms with Gasteiger partial charge in [-0.3, -0.25) is 9.67 Å². The molecule has 0 unspecified atom stereocenters. The number of benzene rings is 1. The molecule has 0 N–H and O–H groups in total. The van der Waals surface area contributed by atoms with Gasteiger partial charge < -0.3 is 9.26 Å². The molecular weight excluding hydrogens is 380 g/mol. The van der Waals surface area contributed by atoms with E-state index in [9.17, 15) is 8.78 Å². The lowest BCUT2D eigenvalue weighted by Crippen LogP contribution is -2.18. The summed E-state index contributed by atoms with van der Waals surface area (Å²) >= 11 is 0. The van der Waals surface area contributed by atoms with Crippen LogP contribution in [-0.4, -0.2) is 31.0 Å². The number of halogens is 2. The first kappa shape index (κ1) is 18.7. The van der Waals surface area contributed by atoms with Crippen molar-refractivity contribution in [1.82, 2.24) is 24.9 Å². The van der Waals surface area contributed by atoms with Crippen LogP contribution >= 0.6 is 0 Å². The monoisotopic (exact) mass is 397 g/mol. The molecule has 148 valence electrons. The molecule has 0 aliphatic heterocycles. The average Bonchev–Trinajstić information content (AvgIpc) is 3.30. The molecule has 1 aromatic carbocycles. The first-order chi connectivity index (χ1) is 13.9. The van der Waals surface area contributed by atoms with Crippen LogP contribution in [0, 0.1) is 6.92 Å². The van der Waals surface area contributed by atoms with Gasteiger partial charge in [0.05, 0.1) is 6.54 Å². The van der Waals surface area contributed by atoms with Gasteiger partial charge in [0.25, 0.3) is 5.89 Å². The molecule has 0 fully saturated rings. The first-order valence-corrected chi connectivity index (χ1v) is 8.82. The van der Waals surface area contributed by atoms with Crippen LogP contribution in [0.4, 0.5) is 8.78 Å². The molecule has 29 heavy (non-hydrogen) atoms. The molecule has 7 nitrogen and oxygen atoms in total. The third kappa shape index (κ3) is 4.45. The van der Waals surface area contributed by atoms with Crippen LogP contribution in [0.2, 0.25) is 0 Å². The molecule has 3 heterocycles. The van der Waals surface area contributed by atoms with E-state index in [1.54, 1.807) is 24.5 Å². The Balaban J connectivity index is 1.53. The normalized spacial score (nSPS) is 11.6. The number of nitrogens with zero attached hydrogens (tertiary/aromatic N) is 5. The Morgan fingerprint density at radius 3 is 2.66 bits per heavy atom. The maximum Gasteiger partial charge on any atom is 0.394 e. The maximum absolute atomic E-state index is 12.9. The summed E-state index contributed by atoms with van der Waals surface area (Å²) in [6, 6.07) is 11.7. The summed E-state index contributed by atoms with van der Waals surface area (Å²) in [5.74, 6) is 0.650. The molecular formula is C20H17F2N5O2. The van der Waals surface area contributed by atoms with E-state index in [4.69, 9.17) is 4.52 Å². The molecule has 0 aliphatic carbocycles.